The molecule has 1 aliphatic carbocycles. The first-order valence-electron chi connectivity index (χ1n) is 9.07. The number of hydrogen-bond acceptors (Lipinski definition) is 4. The number of nitrogens with one attached hydrogen (secondary N) is 1. The lowest BCUT2D eigenvalue weighted by Crippen LogP contribution is -2.54. The fourth-order valence-corrected chi connectivity index (χ4v) is 4.43. The molecule has 1 aromatic rings. The molecule has 0 radical (unpaired) electrons. The highest BCUT2D eigenvalue weighted by atomic mass is 19.1. The van der Waals surface area contributed by atoms with Gasteiger partial charge in [0.1, 0.15) is 5.69 Å². The van der Waals surface area contributed by atoms with Gasteiger partial charge in [-0.2, -0.15) is 4.39 Å². The van der Waals surface area contributed by atoms with Gasteiger partial charge in [-0.1, -0.05) is 6.07 Å². The van der Waals surface area contributed by atoms with Gasteiger partial charge in [0.25, 0.3) is 5.91 Å². The van der Waals surface area contributed by atoms with Crippen LogP contribution >= 0.6 is 0 Å². The van der Waals surface area contributed by atoms with Crippen molar-refractivity contribution < 1.29 is 14.0 Å². The second-order valence-electron chi connectivity index (χ2n) is 7.26. The Morgan fingerprint density at radius 3 is 2.92 bits per heavy atom. The molecule has 6 nitrogen and oxygen atoms in total. The molecule has 3 fully saturated rings. The number of rotatable bonds is 3. The van der Waals surface area contributed by atoms with Crippen LogP contribution in [0.3, 0.4) is 0 Å². The van der Waals surface area contributed by atoms with Crippen LogP contribution in [0, 0.1) is 5.95 Å². The lowest BCUT2D eigenvalue weighted by Gasteiger charge is -2.40. The minimum atomic E-state index is -0.638. The summed E-state index contributed by atoms with van der Waals surface area (Å²) in [5.74, 6) is -0.652. The van der Waals surface area contributed by atoms with Gasteiger partial charge in [-0.15, -0.1) is 0 Å². The van der Waals surface area contributed by atoms with Gasteiger partial charge in [-0.3, -0.25) is 14.5 Å². The van der Waals surface area contributed by atoms with Crippen molar-refractivity contribution in [1.29, 1.82) is 0 Å². The molecule has 2 aliphatic heterocycles. The number of fused-ring (bicyclic) bond motifs is 1. The summed E-state index contributed by atoms with van der Waals surface area (Å²) in [6.07, 6.45) is 4.52. The summed E-state index contributed by atoms with van der Waals surface area (Å²) >= 11 is 0. The molecule has 1 N–H and O–H groups in total. The molecule has 1 saturated carbocycles. The van der Waals surface area contributed by atoms with Gasteiger partial charge in [0.15, 0.2) is 0 Å². The van der Waals surface area contributed by atoms with Crippen LogP contribution < -0.4 is 5.32 Å². The highest BCUT2D eigenvalue weighted by molar-refractivity contribution is 5.92. The van der Waals surface area contributed by atoms with E-state index < -0.39 is 5.95 Å². The molecule has 134 valence electrons. The van der Waals surface area contributed by atoms with E-state index in [9.17, 15) is 14.0 Å². The number of amides is 2. The average Bonchev–Trinajstić information content (AvgIpc) is 3.22. The molecule has 25 heavy (non-hydrogen) atoms. The molecule has 1 aromatic heterocycles. The third-order valence-electron chi connectivity index (χ3n) is 5.73. The zero-order valence-electron chi connectivity index (χ0n) is 14.2. The second kappa shape index (κ2) is 6.71. The van der Waals surface area contributed by atoms with Crippen molar-refractivity contribution >= 4 is 11.8 Å². The second-order valence-corrected chi connectivity index (χ2v) is 7.26. The zero-order valence-corrected chi connectivity index (χ0v) is 14.2. The molecule has 3 aliphatic rings. The maximum atomic E-state index is 13.2. The summed E-state index contributed by atoms with van der Waals surface area (Å²) in [6.45, 7) is 2.69. The fraction of sp³-hybridized carbons (Fsp3) is 0.611. The topological polar surface area (TPSA) is 65.5 Å². The van der Waals surface area contributed by atoms with E-state index in [1.54, 1.807) is 0 Å². The van der Waals surface area contributed by atoms with Crippen molar-refractivity contribution in [1.82, 2.24) is 20.1 Å². The molecule has 2 amide bonds. The third-order valence-corrected chi connectivity index (χ3v) is 5.73. The number of hydrogen-bond donors (Lipinski definition) is 1. The third kappa shape index (κ3) is 3.38. The van der Waals surface area contributed by atoms with E-state index in [2.05, 4.69) is 15.2 Å². The van der Waals surface area contributed by atoms with Crippen LogP contribution in [-0.4, -0.2) is 64.4 Å². The van der Waals surface area contributed by atoms with E-state index in [4.69, 9.17) is 0 Å². The quantitative estimate of drug-likeness (QED) is 0.835. The summed E-state index contributed by atoms with van der Waals surface area (Å²) in [5.41, 5.74) is 0.126. The van der Waals surface area contributed by atoms with Gasteiger partial charge in [-0.05, 0) is 37.8 Å². The van der Waals surface area contributed by atoms with E-state index in [1.165, 1.54) is 18.2 Å². The monoisotopic (exact) mass is 346 g/mol. The first kappa shape index (κ1) is 16.4. The Morgan fingerprint density at radius 2 is 2.08 bits per heavy atom. The molecule has 0 bridgehead atoms. The number of halogens is 1. The first-order chi connectivity index (χ1) is 12.1. The van der Waals surface area contributed by atoms with Gasteiger partial charge in [0.2, 0.25) is 11.9 Å². The molecule has 7 heteroatoms. The van der Waals surface area contributed by atoms with Gasteiger partial charge >= 0.3 is 0 Å². The van der Waals surface area contributed by atoms with Crippen LogP contribution in [0.5, 0.6) is 0 Å². The molecular weight excluding hydrogens is 323 g/mol. The largest absolute Gasteiger partial charge is 0.348 e. The predicted molar refractivity (Wildman–Crippen MR) is 89.4 cm³/mol. The van der Waals surface area contributed by atoms with E-state index >= 15 is 0 Å². The maximum Gasteiger partial charge on any atom is 0.270 e. The average molecular weight is 346 g/mol. The Balaban J connectivity index is 1.31. The summed E-state index contributed by atoms with van der Waals surface area (Å²) < 4.78 is 13.2. The van der Waals surface area contributed by atoms with Gasteiger partial charge in [0.05, 0.1) is 0 Å². The molecule has 4 rings (SSSR count). The molecule has 0 aromatic carbocycles. The highest BCUT2D eigenvalue weighted by Crippen LogP contribution is 2.29. The molecule has 3 atom stereocenters. The van der Waals surface area contributed by atoms with E-state index in [0.717, 1.165) is 45.3 Å². The van der Waals surface area contributed by atoms with Crippen molar-refractivity contribution in [3.63, 3.8) is 0 Å². The standard InChI is InChI=1S/C18H23FN4O2/c19-16-3-1-2-15(21-16)18(25)20-12-4-5-13(10-12)22-8-9-23-14(11-22)6-7-17(23)24/h1-3,12-14H,4-11H2,(H,20,25). The van der Waals surface area contributed by atoms with Crippen molar-refractivity contribution in [2.45, 2.75) is 50.2 Å². The Bertz CT molecular complexity index is 683. The number of piperazine rings is 1. The maximum absolute atomic E-state index is 13.2. The van der Waals surface area contributed by atoms with Crippen LogP contribution in [0.2, 0.25) is 0 Å². The Morgan fingerprint density at radius 1 is 1.20 bits per heavy atom. The van der Waals surface area contributed by atoms with Crippen LogP contribution in [0.25, 0.3) is 0 Å². The van der Waals surface area contributed by atoms with Gasteiger partial charge in [0, 0.05) is 44.2 Å². The fourth-order valence-electron chi connectivity index (χ4n) is 4.43. The van der Waals surface area contributed by atoms with Gasteiger partial charge in [-0.25, -0.2) is 4.98 Å². The van der Waals surface area contributed by atoms with E-state index in [0.29, 0.717) is 24.4 Å². The number of nitrogens with zero attached hydrogens (tertiary/aromatic N) is 3. The molecular formula is C18H23FN4O2. The summed E-state index contributed by atoms with van der Waals surface area (Å²) in [7, 11) is 0. The lowest BCUT2D eigenvalue weighted by molar-refractivity contribution is -0.131. The lowest BCUT2D eigenvalue weighted by atomic mass is 10.1. The summed E-state index contributed by atoms with van der Waals surface area (Å²) in [5, 5.41) is 2.99. The molecule has 2 saturated heterocycles. The van der Waals surface area contributed by atoms with Crippen LogP contribution in [0.1, 0.15) is 42.6 Å². The zero-order chi connectivity index (χ0) is 17.4. The predicted octanol–water partition coefficient (Wildman–Crippen LogP) is 1.18. The molecule has 3 heterocycles. The van der Waals surface area contributed by atoms with Crippen molar-refractivity contribution in [2.75, 3.05) is 19.6 Å². The molecule has 3 unspecified atom stereocenters. The summed E-state index contributed by atoms with van der Waals surface area (Å²) in [6, 6.07) is 5.18. The Kier molecular flexibility index (Phi) is 4.41. The normalized spacial score (nSPS) is 29.7. The minimum absolute atomic E-state index is 0.103. The SMILES string of the molecule is O=C(NC1CCC(N2CCN3C(=O)CCC3C2)C1)c1cccc(F)n1. The smallest absolute Gasteiger partial charge is 0.270 e. The molecule has 0 spiro atoms. The minimum Gasteiger partial charge on any atom is -0.348 e. The van der Waals surface area contributed by atoms with E-state index in [-0.39, 0.29) is 17.6 Å². The number of aromatic nitrogens is 1. The van der Waals surface area contributed by atoms with Crippen molar-refractivity contribution in [3.05, 3.63) is 29.8 Å². The first-order valence-corrected chi connectivity index (χ1v) is 9.07. The van der Waals surface area contributed by atoms with E-state index in [1.807, 2.05) is 4.90 Å². The number of carbonyl (C=O) groups excluding carboxylic acids is 2. The van der Waals surface area contributed by atoms with Crippen LogP contribution in [-0.2, 0) is 4.79 Å². The van der Waals surface area contributed by atoms with Crippen LogP contribution in [0.4, 0.5) is 4.39 Å². The number of carbonyl (C=O) groups is 2. The Labute approximate surface area is 146 Å². The van der Waals surface area contributed by atoms with Crippen molar-refractivity contribution in [2.24, 2.45) is 0 Å². The number of pyridine rings is 1. The Hall–Kier alpha value is -2.02. The summed E-state index contributed by atoms with van der Waals surface area (Å²) in [4.78, 5) is 32.2. The highest BCUT2D eigenvalue weighted by Gasteiger charge is 2.39. The van der Waals surface area contributed by atoms with Crippen molar-refractivity contribution in [3.8, 4) is 0 Å². The van der Waals surface area contributed by atoms with Gasteiger partial charge < -0.3 is 10.2 Å². The van der Waals surface area contributed by atoms with Crippen LogP contribution in [0.15, 0.2) is 18.2 Å².